The minimum atomic E-state index is -0.110. The number of benzene rings is 1. The first-order valence-electron chi connectivity index (χ1n) is 11.4. The van der Waals surface area contributed by atoms with Crippen LogP contribution in [0.4, 0.5) is 10.6 Å². The van der Waals surface area contributed by atoms with Crippen molar-refractivity contribution in [1.29, 1.82) is 0 Å². The third-order valence-electron chi connectivity index (χ3n) is 6.32. The molecule has 0 saturated carbocycles. The van der Waals surface area contributed by atoms with E-state index in [2.05, 4.69) is 27.1 Å². The predicted octanol–water partition coefficient (Wildman–Crippen LogP) is 2.08. The van der Waals surface area contributed by atoms with E-state index in [1.807, 2.05) is 30.3 Å². The van der Waals surface area contributed by atoms with E-state index in [0.29, 0.717) is 37.7 Å². The predicted molar refractivity (Wildman–Crippen MR) is 129 cm³/mol. The molecule has 1 aromatic carbocycles. The number of halogens is 1. The quantitative estimate of drug-likeness (QED) is 0.724. The fraction of sp³-hybridized carbons (Fsp3) is 0.458. The Labute approximate surface area is 200 Å². The van der Waals surface area contributed by atoms with Crippen molar-refractivity contribution in [2.75, 3.05) is 64.3 Å². The zero-order chi connectivity index (χ0) is 23.2. The molecule has 9 heteroatoms. The molecule has 1 aromatic heterocycles. The summed E-state index contributed by atoms with van der Waals surface area (Å²) in [5.41, 5.74) is 1.85. The van der Waals surface area contributed by atoms with Gasteiger partial charge in [0, 0.05) is 75.7 Å². The van der Waals surface area contributed by atoms with E-state index < -0.39 is 0 Å². The zero-order valence-electron chi connectivity index (χ0n) is 19.0. The van der Waals surface area contributed by atoms with Gasteiger partial charge in [-0.3, -0.25) is 4.79 Å². The maximum atomic E-state index is 12.8. The SMILES string of the molecule is CN1CCN(c2ncccc2CNC(=O)N2CCN(C(=O)Cc3ccccc3Cl)CC2)CC1. The summed E-state index contributed by atoms with van der Waals surface area (Å²) in [6, 6.07) is 11.2. The third-order valence-corrected chi connectivity index (χ3v) is 6.69. The number of carbonyl (C=O) groups excluding carboxylic acids is 2. The molecule has 0 unspecified atom stereocenters. The Morgan fingerprint density at radius 1 is 0.909 bits per heavy atom. The van der Waals surface area contributed by atoms with Crippen molar-refractivity contribution in [3.63, 3.8) is 0 Å². The molecule has 0 aliphatic carbocycles. The molecule has 2 saturated heterocycles. The van der Waals surface area contributed by atoms with Crippen molar-refractivity contribution in [3.05, 3.63) is 58.7 Å². The summed E-state index contributed by atoms with van der Waals surface area (Å²) in [7, 11) is 2.13. The van der Waals surface area contributed by atoms with Crippen molar-refractivity contribution in [2.45, 2.75) is 13.0 Å². The molecule has 0 spiro atoms. The summed E-state index contributed by atoms with van der Waals surface area (Å²) >= 11 is 6.18. The second-order valence-electron chi connectivity index (χ2n) is 8.57. The molecule has 2 aliphatic heterocycles. The number of amides is 3. The Kier molecular flexibility index (Phi) is 7.67. The maximum Gasteiger partial charge on any atom is 0.317 e. The first kappa shape index (κ1) is 23.3. The van der Waals surface area contributed by atoms with Gasteiger partial charge in [-0.25, -0.2) is 9.78 Å². The van der Waals surface area contributed by atoms with Crippen LogP contribution in [-0.4, -0.2) is 91.0 Å². The molecule has 2 fully saturated rings. The van der Waals surface area contributed by atoms with Crippen LogP contribution >= 0.6 is 11.6 Å². The van der Waals surface area contributed by atoms with E-state index in [9.17, 15) is 9.59 Å². The Bertz CT molecular complexity index is 971. The van der Waals surface area contributed by atoms with Crippen LogP contribution in [0.5, 0.6) is 0 Å². The van der Waals surface area contributed by atoms with Crippen LogP contribution in [0.3, 0.4) is 0 Å². The van der Waals surface area contributed by atoms with Gasteiger partial charge in [0.1, 0.15) is 5.82 Å². The Hall–Kier alpha value is -2.84. The summed E-state index contributed by atoms with van der Waals surface area (Å²) < 4.78 is 0. The number of nitrogens with zero attached hydrogens (tertiary/aromatic N) is 5. The van der Waals surface area contributed by atoms with Crippen LogP contribution in [0.2, 0.25) is 5.02 Å². The standard InChI is InChI=1S/C24H31ClN6O2/c1-28-9-11-30(12-10-28)23-20(6-4-8-26-23)18-27-24(33)31-15-13-29(14-16-31)22(32)17-19-5-2-3-7-21(19)25/h2-8H,9-18H2,1H3,(H,27,33). The highest BCUT2D eigenvalue weighted by Crippen LogP contribution is 2.19. The van der Waals surface area contributed by atoms with Gasteiger partial charge in [-0.2, -0.15) is 0 Å². The lowest BCUT2D eigenvalue weighted by Gasteiger charge is -2.35. The number of pyridine rings is 1. The van der Waals surface area contributed by atoms with Gasteiger partial charge in [-0.1, -0.05) is 35.9 Å². The summed E-state index contributed by atoms with van der Waals surface area (Å²) in [6.07, 6.45) is 2.08. The number of piperazine rings is 2. The first-order chi connectivity index (χ1) is 16.0. The molecule has 0 radical (unpaired) electrons. The molecular formula is C24H31ClN6O2. The van der Waals surface area contributed by atoms with Gasteiger partial charge in [0.2, 0.25) is 5.91 Å². The fourth-order valence-corrected chi connectivity index (χ4v) is 4.43. The molecule has 0 bridgehead atoms. The Balaban J connectivity index is 1.26. The number of aromatic nitrogens is 1. The van der Waals surface area contributed by atoms with Crippen molar-refractivity contribution in [3.8, 4) is 0 Å². The number of nitrogens with one attached hydrogen (secondary N) is 1. The molecule has 2 aliphatic rings. The van der Waals surface area contributed by atoms with Gasteiger partial charge in [0.15, 0.2) is 0 Å². The topological polar surface area (TPSA) is 72.0 Å². The molecule has 0 atom stereocenters. The lowest BCUT2D eigenvalue weighted by atomic mass is 10.1. The maximum absolute atomic E-state index is 12.8. The highest BCUT2D eigenvalue weighted by atomic mass is 35.5. The number of hydrogen-bond acceptors (Lipinski definition) is 5. The van der Waals surface area contributed by atoms with Crippen molar-refractivity contribution in [2.24, 2.45) is 0 Å². The van der Waals surface area contributed by atoms with Crippen LogP contribution in [0.25, 0.3) is 0 Å². The number of likely N-dealkylation sites (N-methyl/N-ethyl adjacent to an activating group) is 1. The Morgan fingerprint density at radius 3 is 2.30 bits per heavy atom. The first-order valence-corrected chi connectivity index (χ1v) is 11.8. The van der Waals surface area contributed by atoms with E-state index in [1.54, 1.807) is 22.1 Å². The molecule has 2 aromatic rings. The van der Waals surface area contributed by atoms with Crippen molar-refractivity contribution in [1.82, 2.24) is 25.0 Å². The van der Waals surface area contributed by atoms with Gasteiger partial charge < -0.3 is 24.9 Å². The van der Waals surface area contributed by atoms with E-state index in [1.165, 1.54) is 0 Å². The summed E-state index contributed by atoms with van der Waals surface area (Å²) in [5, 5.41) is 3.64. The molecule has 1 N–H and O–H groups in total. The molecule has 33 heavy (non-hydrogen) atoms. The van der Waals surface area contributed by atoms with Gasteiger partial charge >= 0.3 is 6.03 Å². The highest BCUT2D eigenvalue weighted by molar-refractivity contribution is 6.31. The van der Waals surface area contributed by atoms with Crippen molar-refractivity contribution < 1.29 is 9.59 Å². The van der Waals surface area contributed by atoms with Crippen LogP contribution in [0.1, 0.15) is 11.1 Å². The van der Waals surface area contributed by atoms with E-state index in [-0.39, 0.29) is 18.4 Å². The minimum Gasteiger partial charge on any atom is -0.354 e. The largest absolute Gasteiger partial charge is 0.354 e. The van der Waals surface area contributed by atoms with Gasteiger partial charge in [-0.15, -0.1) is 0 Å². The van der Waals surface area contributed by atoms with Crippen molar-refractivity contribution >= 4 is 29.4 Å². The molecule has 4 rings (SSSR count). The second-order valence-corrected chi connectivity index (χ2v) is 8.98. The second kappa shape index (κ2) is 10.9. The number of hydrogen-bond donors (Lipinski definition) is 1. The minimum absolute atomic E-state index is 0.0373. The Morgan fingerprint density at radius 2 is 1.58 bits per heavy atom. The van der Waals surface area contributed by atoms with Gasteiger partial charge in [0.25, 0.3) is 0 Å². The lowest BCUT2D eigenvalue weighted by Crippen LogP contribution is -2.53. The van der Waals surface area contributed by atoms with E-state index in [4.69, 9.17) is 11.6 Å². The fourth-order valence-electron chi connectivity index (χ4n) is 4.23. The normalized spacial score (nSPS) is 17.2. The lowest BCUT2D eigenvalue weighted by molar-refractivity contribution is -0.131. The summed E-state index contributed by atoms with van der Waals surface area (Å²) in [6.45, 7) is 6.37. The number of anilines is 1. The molecule has 3 heterocycles. The van der Waals surface area contributed by atoms with E-state index >= 15 is 0 Å². The summed E-state index contributed by atoms with van der Waals surface area (Å²) in [5.74, 6) is 0.983. The monoisotopic (exact) mass is 470 g/mol. The summed E-state index contributed by atoms with van der Waals surface area (Å²) in [4.78, 5) is 38.2. The van der Waals surface area contributed by atoms with E-state index in [0.717, 1.165) is 43.1 Å². The van der Waals surface area contributed by atoms with Crippen LogP contribution in [-0.2, 0) is 17.8 Å². The van der Waals surface area contributed by atoms with Crippen LogP contribution < -0.4 is 10.2 Å². The van der Waals surface area contributed by atoms with Crippen LogP contribution in [0, 0.1) is 0 Å². The average Bonchev–Trinajstić information content (AvgIpc) is 2.85. The van der Waals surface area contributed by atoms with Gasteiger partial charge in [0.05, 0.1) is 6.42 Å². The highest BCUT2D eigenvalue weighted by Gasteiger charge is 2.25. The molecule has 8 nitrogen and oxygen atoms in total. The smallest absolute Gasteiger partial charge is 0.317 e. The van der Waals surface area contributed by atoms with Gasteiger partial charge in [-0.05, 0) is 24.7 Å². The van der Waals surface area contributed by atoms with Crippen LogP contribution in [0.15, 0.2) is 42.6 Å². The number of carbonyl (C=O) groups is 2. The molecular weight excluding hydrogens is 440 g/mol. The zero-order valence-corrected chi connectivity index (χ0v) is 19.8. The number of urea groups is 1. The average molecular weight is 471 g/mol. The molecule has 3 amide bonds. The molecule has 176 valence electrons. The number of rotatable bonds is 5. The third kappa shape index (κ3) is 5.94.